The summed E-state index contributed by atoms with van der Waals surface area (Å²) < 4.78 is 26.2. The lowest BCUT2D eigenvalue weighted by atomic mass is 9.85. The molecule has 0 atom stereocenters. The van der Waals surface area contributed by atoms with E-state index in [0.717, 1.165) is 11.1 Å². The lowest BCUT2D eigenvalue weighted by Gasteiger charge is -2.18. The zero-order valence-corrected chi connectivity index (χ0v) is 8.84. The van der Waals surface area contributed by atoms with Crippen molar-refractivity contribution < 1.29 is 13.6 Å². The van der Waals surface area contributed by atoms with E-state index < -0.39 is 11.6 Å². The van der Waals surface area contributed by atoms with Crippen LogP contribution in [0.25, 0.3) is 0 Å². The number of ketones is 1. The van der Waals surface area contributed by atoms with Gasteiger partial charge in [-0.1, -0.05) is 12.1 Å². The van der Waals surface area contributed by atoms with E-state index in [0.29, 0.717) is 17.5 Å². The van der Waals surface area contributed by atoms with Crippen LogP contribution < -0.4 is 0 Å². The molecular formula is C14H8F2O. The fourth-order valence-corrected chi connectivity index (χ4v) is 2.18. The van der Waals surface area contributed by atoms with Gasteiger partial charge in [0.05, 0.1) is 0 Å². The van der Waals surface area contributed by atoms with Crippen molar-refractivity contribution in [2.75, 3.05) is 0 Å². The van der Waals surface area contributed by atoms with Crippen LogP contribution in [0.15, 0.2) is 36.4 Å². The molecule has 0 unspecified atom stereocenters. The number of rotatable bonds is 0. The van der Waals surface area contributed by atoms with Crippen LogP contribution in [0.3, 0.4) is 0 Å². The van der Waals surface area contributed by atoms with E-state index in [1.807, 2.05) is 0 Å². The maximum absolute atomic E-state index is 13.1. The molecule has 17 heavy (non-hydrogen) atoms. The van der Waals surface area contributed by atoms with Gasteiger partial charge in [0.15, 0.2) is 5.78 Å². The Morgan fingerprint density at radius 1 is 0.824 bits per heavy atom. The van der Waals surface area contributed by atoms with Gasteiger partial charge in [-0.3, -0.25) is 4.79 Å². The van der Waals surface area contributed by atoms with E-state index in [-0.39, 0.29) is 5.78 Å². The first-order valence-corrected chi connectivity index (χ1v) is 5.27. The second-order valence-corrected chi connectivity index (χ2v) is 4.11. The highest BCUT2D eigenvalue weighted by atomic mass is 19.1. The Hall–Kier alpha value is -2.03. The molecule has 0 N–H and O–H groups in total. The zero-order chi connectivity index (χ0) is 12.0. The maximum atomic E-state index is 13.1. The molecule has 2 aromatic carbocycles. The highest BCUT2D eigenvalue weighted by Gasteiger charge is 2.23. The van der Waals surface area contributed by atoms with Crippen molar-refractivity contribution in [1.82, 2.24) is 0 Å². The second-order valence-electron chi connectivity index (χ2n) is 4.11. The van der Waals surface area contributed by atoms with E-state index >= 15 is 0 Å². The molecule has 1 aliphatic rings. The Labute approximate surface area is 96.7 Å². The molecule has 0 saturated heterocycles. The van der Waals surface area contributed by atoms with E-state index in [1.54, 1.807) is 12.1 Å². The van der Waals surface area contributed by atoms with E-state index in [9.17, 15) is 13.6 Å². The number of carbonyl (C=O) groups is 1. The van der Waals surface area contributed by atoms with E-state index in [2.05, 4.69) is 0 Å². The predicted octanol–water partition coefficient (Wildman–Crippen LogP) is 3.10. The van der Waals surface area contributed by atoms with Crippen LogP contribution in [0.1, 0.15) is 27.0 Å². The summed E-state index contributed by atoms with van der Waals surface area (Å²) in [6, 6.07) is 8.31. The minimum Gasteiger partial charge on any atom is -0.289 e. The standard InChI is InChI=1S/C14H8F2O/c15-10-3-1-8-5-9-2-4-11(16)7-13(9)14(17)12(8)6-10/h1-4,6-7H,5H2. The lowest BCUT2D eigenvalue weighted by molar-refractivity contribution is 0.103. The largest absolute Gasteiger partial charge is 0.289 e. The number of halogens is 2. The van der Waals surface area contributed by atoms with Gasteiger partial charge in [-0.25, -0.2) is 8.78 Å². The summed E-state index contributed by atoms with van der Waals surface area (Å²) in [5.41, 5.74) is 2.25. The summed E-state index contributed by atoms with van der Waals surface area (Å²) in [5.74, 6) is -1.20. The van der Waals surface area contributed by atoms with Crippen LogP contribution in [0, 0.1) is 11.6 Å². The molecule has 3 heteroatoms. The normalized spacial score (nSPS) is 13.2. The van der Waals surface area contributed by atoms with Gasteiger partial charge < -0.3 is 0 Å². The summed E-state index contributed by atoms with van der Waals surface area (Å²) in [7, 11) is 0. The molecule has 0 aromatic heterocycles. The van der Waals surface area contributed by atoms with Crippen LogP contribution in [0.5, 0.6) is 0 Å². The second kappa shape index (κ2) is 3.48. The van der Waals surface area contributed by atoms with Crippen LogP contribution in [0.2, 0.25) is 0 Å². The first-order valence-electron chi connectivity index (χ1n) is 5.27. The molecule has 0 aliphatic heterocycles. The first kappa shape index (κ1) is 10.1. The fourth-order valence-electron chi connectivity index (χ4n) is 2.18. The molecule has 1 aliphatic carbocycles. The maximum Gasteiger partial charge on any atom is 0.193 e. The first-order chi connectivity index (χ1) is 8.15. The topological polar surface area (TPSA) is 17.1 Å². The smallest absolute Gasteiger partial charge is 0.193 e. The minimum atomic E-state index is -0.447. The molecular weight excluding hydrogens is 222 g/mol. The Balaban J connectivity index is 2.21. The molecule has 0 fully saturated rings. The number of hydrogen-bond acceptors (Lipinski definition) is 1. The molecule has 1 nitrogen and oxygen atoms in total. The van der Waals surface area contributed by atoms with Crippen molar-refractivity contribution in [2.45, 2.75) is 6.42 Å². The monoisotopic (exact) mass is 230 g/mol. The molecule has 0 radical (unpaired) electrons. The van der Waals surface area contributed by atoms with Crippen molar-refractivity contribution in [3.63, 3.8) is 0 Å². The highest BCUT2D eigenvalue weighted by Crippen LogP contribution is 2.28. The molecule has 0 bridgehead atoms. The third-order valence-electron chi connectivity index (χ3n) is 3.01. The van der Waals surface area contributed by atoms with Gasteiger partial charge in [0.1, 0.15) is 11.6 Å². The number of benzene rings is 2. The summed E-state index contributed by atoms with van der Waals surface area (Å²) >= 11 is 0. The van der Waals surface area contributed by atoms with Gasteiger partial charge in [0.2, 0.25) is 0 Å². The Kier molecular flexibility index (Phi) is 2.08. The van der Waals surface area contributed by atoms with Crippen LogP contribution in [0.4, 0.5) is 8.78 Å². The van der Waals surface area contributed by atoms with Gasteiger partial charge in [0, 0.05) is 11.1 Å². The van der Waals surface area contributed by atoms with E-state index in [4.69, 9.17) is 0 Å². The van der Waals surface area contributed by atoms with Gasteiger partial charge in [-0.2, -0.15) is 0 Å². The third kappa shape index (κ3) is 1.55. The molecule has 0 spiro atoms. The van der Waals surface area contributed by atoms with Gasteiger partial charge in [0.25, 0.3) is 0 Å². The Morgan fingerprint density at radius 2 is 1.29 bits per heavy atom. The molecule has 0 amide bonds. The molecule has 84 valence electrons. The van der Waals surface area contributed by atoms with Crippen molar-refractivity contribution in [3.05, 3.63) is 70.3 Å². The summed E-state index contributed by atoms with van der Waals surface area (Å²) in [6.45, 7) is 0. The quantitative estimate of drug-likeness (QED) is 0.580. The third-order valence-corrected chi connectivity index (χ3v) is 3.01. The summed E-state index contributed by atoms with van der Waals surface area (Å²) in [5, 5.41) is 0. The van der Waals surface area contributed by atoms with Gasteiger partial charge in [-0.15, -0.1) is 0 Å². The van der Waals surface area contributed by atoms with Gasteiger partial charge in [-0.05, 0) is 41.8 Å². The number of fused-ring (bicyclic) bond motifs is 2. The van der Waals surface area contributed by atoms with Crippen molar-refractivity contribution in [2.24, 2.45) is 0 Å². The molecule has 2 aromatic rings. The van der Waals surface area contributed by atoms with Crippen molar-refractivity contribution >= 4 is 5.78 Å². The van der Waals surface area contributed by atoms with Crippen LogP contribution >= 0.6 is 0 Å². The lowest BCUT2D eigenvalue weighted by Crippen LogP contribution is -2.15. The minimum absolute atomic E-state index is 0.305. The predicted molar refractivity (Wildman–Crippen MR) is 59.0 cm³/mol. The van der Waals surface area contributed by atoms with E-state index in [1.165, 1.54) is 24.3 Å². The number of hydrogen-bond donors (Lipinski definition) is 0. The average molecular weight is 230 g/mol. The summed E-state index contributed by atoms with van der Waals surface area (Å²) in [6.07, 6.45) is 0.539. The van der Waals surface area contributed by atoms with Crippen molar-refractivity contribution in [3.8, 4) is 0 Å². The molecule has 0 saturated carbocycles. The van der Waals surface area contributed by atoms with Crippen LogP contribution in [-0.4, -0.2) is 5.78 Å². The average Bonchev–Trinajstić information content (AvgIpc) is 2.32. The fraction of sp³-hybridized carbons (Fsp3) is 0.0714. The van der Waals surface area contributed by atoms with Gasteiger partial charge >= 0.3 is 0 Å². The molecule has 0 heterocycles. The molecule has 3 rings (SSSR count). The summed E-state index contributed by atoms with van der Waals surface area (Å²) in [4.78, 5) is 12.1. The highest BCUT2D eigenvalue weighted by molar-refractivity contribution is 6.12. The number of carbonyl (C=O) groups excluding carboxylic acids is 1. The van der Waals surface area contributed by atoms with Crippen LogP contribution in [-0.2, 0) is 6.42 Å². The zero-order valence-electron chi connectivity index (χ0n) is 8.84. The Morgan fingerprint density at radius 3 is 1.76 bits per heavy atom. The van der Waals surface area contributed by atoms with Crippen molar-refractivity contribution in [1.29, 1.82) is 0 Å². The Bertz CT molecular complexity index is 579. The SMILES string of the molecule is O=C1c2cc(F)ccc2Cc2ccc(F)cc21.